The molecule has 6 heteroatoms. The monoisotopic (exact) mass is 267 g/mol. The van der Waals surface area contributed by atoms with E-state index in [2.05, 4.69) is 9.97 Å². The van der Waals surface area contributed by atoms with Gasteiger partial charge in [0.1, 0.15) is 5.69 Å². The predicted octanol–water partition coefficient (Wildman–Crippen LogP) is 2.16. The van der Waals surface area contributed by atoms with E-state index >= 15 is 0 Å². The van der Waals surface area contributed by atoms with Gasteiger partial charge in [0.15, 0.2) is 5.82 Å². The van der Waals surface area contributed by atoms with Crippen LogP contribution in [0.25, 0.3) is 11.3 Å². The molecule has 0 saturated heterocycles. The van der Waals surface area contributed by atoms with Crippen molar-refractivity contribution in [1.29, 1.82) is 0 Å². The predicted molar refractivity (Wildman–Crippen MR) is 70.3 cm³/mol. The lowest BCUT2D eigenvalue weighted by molar-refractivity contribution is 0.301. The molecule has 0 aliphatic heterocycles. The van der Waals surface area contributed by atoms with Crippen LogP contribution in [-0.2, 0) is 0 Å². The topological polar surface area (TPSA) is 49.2 Å². The van der Waals surface area contributed by atoms with E-state index in [0.717, 1.165) is 5.56 Å². The molecule has 2 rings (SSSR count). The van der Waals surface area contributed by atoms with Crippen molar-refractivity contribution in [3.8, 4) is 11.3 Å². The molecule has 0 saturated carbocycles. The molecule has 2 aromatic heterocycles. The highest BCUT2D eigenvalue weighted by molar-refractivity contribution is 7.08. The molecule has 0 radical (unpaired) electrons. The lowest BCUT2D eigenvalue weighted by atomic mass is 10.2. The number of hydrogen-bond acceptors (Lipinski definition) is 5. The van der Waals surface area contributed by atoms with Crippen molar-refractivity contribution in [1.82, 2.24) is 9.97 Å². The van der Waals surface area contributed by atoms with E-state index in [4.69, 9.17) is 5.11 Å². The summed E-state index contributed by atoms with van der Waals surface area (Å²) in [5.74, 6) is 0.00588. The van der Waals surface area contributed by atoms with E-state index in [1.807, 2.05) is 23.8 Å². The van der Waals surface area contributed by atoms with Gasteiger partial charge in [-0.05, 0) is 18.4 Å². The third kappa shape index (κ3) is 2.65. The number of thiophene rings is 1. The minimum Gasteiger partial charge on any atom is -0.395 e. The first-order chi connectivity index (χ1) is 8.76. The first-order valence-corrected chi connectivity index (χ1v) is 6.61. The standard InChI is InChI=1S/C12H14FN3OS/c1-2-16(4-5-17)12-14-7-10(13)11(15-12)9-3-6-18-8-9/h3,6-8,17H,2,4-5H2,1H3. The van der Waals surface area contributed by atoms with Gasteiger partial charge in [-0.25, -0.2) is 14.4 Å². The van der Waals surface area contributed by atoms with Crippen LogP contribution in [0.3, 0.4) is 0 Å². The second-order valence-corrected chi connectivity index (χ2v) is 4.46. The van der Waals surface area contributed by atoms with E-state index in [1.54, 1.807) is 4.90 Å². The van der Waals surface area contributed by atoms with Gasteiger partial charge in [-0.2, -0.15) is 11.3 Å². The molecule has 0 atom stereocenters. The summed E-state index contributed by atoms with van der Waals surface area (Å²) in [5.41, 5.74) is 1.05. The van der Waals surface area contributed by atoms with Gasteiger partial charge in [0, 0.05) is 24.0 Å². The van der Waals surface area contributed by atoms with Gasteiger partial charge in [0.2, 0.25) is 5.95 Å². The van der Waals surface area contributed by atoms with Gasteiger partial charge in [0.25, 0.3) is 0 Å². The number of aliphatic hydroxyl groups excluding tert-OH is 1. The molecule has 0 bridgehead atoms. The van der Waals surface area contributed by atoms with Gasteiger partial charge < -0.3 is 10.0 Å². The van der Waals surface area contributed by atoms with Crippen molar-refractivity contribution in [2.45, 2.75) is 6.92 Å². The Labute approximate surface area is 109 Å². The number of anilines is 1. The van der Waals surface area contributed by atoms with Crippen LogP contribution in [-0.4, -0.2) is 34.8 Å². The summed E-state index contributed by atoms with van der Waals surface area (Å²) in [5, 5.41) is 12.7. The third-order valence-corrected chi connectivity index (χ3v) is 3.24. The molecule has 0 fully saturated rings. The fraction of sp³-hybridized carbons (Fsp3) is 0.333. The Morgan fingerprint density at radius 3 is 2.94 bits per heavy atom. The summed E-state index contributed by atoms with van der Waals surface area (Å²) in [6.45, 7) is 3.05. The largest absolute Gasteiger partial charge is 0.395 e. The zero-order chi connectivity index (χ0) is 13.0. The SMILES string of the molecule is CCN(CCO)c1ncc(F)c(-c2ccsc2)n1. The summed E-state index contributed by atoms with van der Waals surface area (Å²) < 4.78 is 13.7. The van der Waals surface area contributed by atoms with Gasteiger partial charge in [0.05, 0.1) is 12.8 Å². The van der Waals surface area contributed by atoms with Gasteiger partial charge >= 0.3 is 0 Å². The Hall–Kier alpha value is -1.53. The van der Waals surface area contributed by atoms with Crippen molar-refractivity contribution >= 4 is 17.3 Å². The maximum atomic E-state index is 13.7. The summed E-state index contributed by atoms with van der Waals surface area (Å²) in [6, 6.07) is 1.82. The quantitative estimate of drug-likeness (QED) is 0.902. The fourth-order valence-electron chi connectivity index (χ4n) is 1.63. The Balaban J connectivity index is 2.37. The molecule has 0 aliphatic carbocycles. The summed E-state index contributed by atoms with van der Waals surface area (Å²) >= 11 is 1.49. The van der Waals surface area contributed by atoms with Crippen LogP contribution >= 0.6 is 11.3 Å². The number of aromatic nitrogens is 2. The molecule has 0 spiro atoms. The minimum atomic E-state index is -0.433. The lowest BCUT2D eigenvalue weighted by Gasteiger charge is -2.19. The highest BCUT2D eigenvalue weighted by Gasteiger charge is 2.13. The second-order valence-electron chi connectivity index (χ2n) is 3.68. The number of aliphatic hydroxyl groups is 1. The van der Waals surface area contributed by atoms with Crippen molar-refractivity contribution in [2.24, 2.45) is 0 Å². The smallest absolute Gasteiger partial charge is 0.226 e. The Bertz CT molecular complexity index is 504. The maximum absolute atomic E-state index is 13.7. The average Bonchev–Trinajstić information content (AvgIpc) is 2.90. The molecule has 18 heavy (non-hydrogen) atoms. The van der Waals surface area contributed by atoms with Crippen LogP contribution in [0.15, 0.2) is 23.0 Å². The Morgan fingerprint density at radius 2 is 2.33 bits per heavy atom. The van der Waals surface area contributed by atoms with Crippen LogP contribution in [0.5, 0.6) is 0 Å². The van der Waals surface area contributed by atoms with Crippen LogP contribution in [0.2, 0.25) is 0 Å². The first kappa shape index (κ1) is 12.9. The zero-order valence-corrected chi connectivity index (χ0v) is 10.8. The number of nitrogens with zero attached hydrogens (tertiary/aromatic N) is 3. The van der Waals surface area contributed by atoms with Crippen LogP contribution in [0.4, 0.5) is 10.3 Å². The van der Waals surface area contributed by atoms with Crippen molar-refractivity contribution < 1.29 is 9.50 Å². The molecule has 96 valence electrons. The van der Waals surface area contributed by atoms with Gasteiger partial charge in [-0.3, -0.25) is 0 Å². The van der Waals surface area contributed by atoms with Crippen LogP contribution in [0, 0.1) is 5.82 Å². The van der Waals surface area contributed by atoms with E-state index in [9.17, 15) is 4.39 Å². The number of halogens is 1. The zero-order valence-electron chi connectivity index (χ0n) is 10.0. The summed E-state index contributed by atoms with van der Waals surface area (Å²) in [4.78, 5) is 10.0. The van der Waals surface area contributed by atoms with E-state index in [1.165, 1.54) is 17.5 Å². The number of hydrogen-bond donors (Lipinski definition) is 1. The highest BCUT2D eigenvalue weighted by atomic mass is 32.1. The maximum Gasteiger partial charge on any atom is 0.226 e. The molecule has 0 unspecified atom stereocenters. The average molecular weight is 267 g/mol. The first-order valence-electron chi connectivity index (χ1n) is 5.67. The summed E-state index contributed by atoms with van der Waals surface area (Å²) in [7, 11) is 0. The van der Waals surface area contributed by atoms with Crippen molar-refractivity contribution in [3.63, 3.8) is 0 Å². The highest BCUT2D eigenvalue weighted by Crippen LogP contribution is 2.24. The lowest BCUT2D eigenvalue weighted by Crippen LogP contribution is -2.28. The molecular weight excluding hydrogens is 253 g/mol. The molecule has 4 nitrogen and oxygen atoms in total. The van der Waals surface area contributed by atoms with Crippen molar-refractivity contribution in [2.75, 3.05) is 24.6 Å². The van der Waals surface area contributed by atoms with Crippen LogP contribution < -0.4 is 4.90 Å². The molecule has 0 aliphatic rings. The van der Waals surface area contributed by atoms with E-state index in [-0.39, 0.29) is 6.61 Å². The molecule has 0 amide bonds. The van der Waals surface area contributed by atoms with E-state index in [0.29, 0.717) is 24.7 Å². The fourth-order valence-corrected chi connectivity index (χ4v) is 2.27. The second kappa shape index (κ2) is 5.88. The van der Waals surface area contributed by atoms with Crippen molar-refractivity contribution in [3.05, 3.63) is 28.8 Å². The van der Waals surface area contributed by atoms with Gasteiger partial charge in [-0.15, -0.1) is 0 Å². The van der Waals surface area contributed by atoms with Crippen LogP contribution in [0.1, 0.15) is 6.92 Å². The molecule has 0 aromatic carbocycles. The molecule has 1 N–H and O–H groups in total. The normalized spacial score (nSPS) is 10.6. The number of likely N-dealkylation sites (N-methyl/N-ethyl adjacent to an activating group) is 1. The van der Waals surface area contributed by atoms with E-state index < -0.39 is 5.82 Å². The Morgan fingerprint density at radius 1 is 1.50 bits per heavy atom. The summed E-state index contributed by atoms with van der Waals surface area (Å²) in [6.07, 6.45) is 1.18. The molecular formula is C12H14FN3OS. The molecule has 2 heterocycles. The third-order valence-electron chi connectivity index (χ3n) is 2.56. The minimum absolute atomic E-state index is 0.0162. The Kier molecular flexibility index (Phi) is 4.22. The molecule has 2 aromatic rings. The van der Waals surface area contributed by atoms with Gasteiger partial charge in [-0.1, -0.05) is 0 Å². The number of rotatable bonds is 5.